The molecule has 0 aliphatic rings. The molecule has 0 amide bonds. The average Bonchev–Trinajstić information content (AvgIpc) is 3.77. The minimum absolute atomic E-state index is 1.15. The summed E-state index contributed by atoms with van der Waals surface area (Å²) in [4.78, 5) is 0. The highest BCUT2D eigenvalue weighted by molar-refractivity contribution is 6.29. The fourth-order valence-electron chi connectivity index (χ4n) is 9.42. The molecule has 0 saturated heterocycles. The molecule has 0 radical (unpaired) electrons. The maximum absolute atomic E-state index is 2.44. The Morgan fingerprint density at radius 3 is 1.36 bits per heavy atom. The van der Waals surface area contributed by atoms with Crippen molar-refractivity contribution in [3.8, 4) is 33.6 Å². The van der Waals surface area contributed by atoms with Crippen molar-refractivity contribution in [3.63, 3.8) is 0 Å². The number of aromatic nitrogens is 2. The SMILES string of the molecule is c1ccc(-c2cc(-c3ccc4c(c3)c3cc5c6ccccc6n(-c6ccccc6)c5cc3n4-c3ccccc3)cc3c4ccccc4c4ccccc4c23)cc1. The van der Waals surface area contributed by atoms with Gasteiger partial charge in [0.15, 0.2) is 0 Å². The number of benzene rings is 10. The summed E-state index contributed by atoms with van der Waals surface area (Å²) >= 11 is 0. The summed E-state index contributed by atoms with van der Waals surface area (Å²) in [5.41, 5.74) is 12.0. The van der Waals surface area contributed by atoms with Crippen LogP contribution in [-0.2, 0) is 0 Å². The Morgan fingerprint density at radius 1 is 0.232 bits per heavy atom. The zero-order valence-corrected chi connectivity index (χ0v) is 30.5. The molecule has 2 heteroatoms. The van der Waals surface area contributed by atoms with Crippen LogP contribution in [0.3, 0.4) is 0 Å². The molecular weight excluding hydrogens is 677 g/mol. The van der Waals surface area contributed by atoms with Crippen molar-refractivity contribution in [3.05, 3.63) is 206 Å². The minimum atomic E-state index is 1.15. The maximum atomic E-state index is 2.44. The third kappa shape index (κ3) is 4.50. The molecule has 0 aliphatic carbocycles. The van der Waals surface area contributed by atoms with E-state index >= 15 is 0 Å². The summed E-state index contributed by atoms with van der Waals surface area (Å²) in [5, 5.41) is 12.7. The molecule has 0 N–H and O–H groups in total. The highest BCUT2D eigenvalue weighted by atomic mass is 15.0. The molecule has 0 atom stereocenters. The molecular formula is C54H34N2. The van der Waals surface area contributed by atoms with Gasteiger partial charge in [-0.3, -0.25) is 0 Å². The van der Waals surface area contributed by atoms with Crippen molar-refractivity contribution in [2.24, 2.45) is 0 Å². The van der Waals surface area contributed by atoms with Gasteiger partial charge in [0.25, 0.3) is 0 Å². The lowest BCUT2D eigenvalue weighted by atomic mass is 9.87. The van der Waals surface area contributed by atoms with Crippen molar-refractivity contribution < 1.29 is 0 Å². The summed E-state index contributed by atoms with van der Waals surface area (Å²) in [6, 6.07) is 75.8. The molecule has 56 heavy (non-hydrogen) atoms. The Morgan fingerprint density at radius 2 is 0.696 bits per heavy atom. The molecule has 0 bridgehead atoms. The van der Waals surface area contributed by atoms with Crippen molar-refractivity contribution >= 4 is 75.9 Å². The van der Waals surface area contributed by atoms with Gasteiger partial charge in [-0.15, -0.1) is 0 Å². The fourth-order valence-corrected chi connectivity index (χ4v) is 9.42. The molecule has 0 aliphatic heterocycles. The molecule has 0 unspecified atom stereocenters. The molecule has 0 spiro atoms. The zero-order valence-electron chi connectivity index (χ0n) is 30.5. The van der Waals surface area contributed by atoms with Crippen LogP contribution in [0, 0.1) is 0 Å². The van der Waals surface area contributed by atoms with Crippen LogP contribution in [-0.4, -0.2) is 9.13 Å². The molecule has 2 nitrogen and oxygen atoms in total. The molecule has 260 valence electrons. The topological polar surface area (TPSA) is 9.86 Å². The van der Waals surface area contributed by atoms with Gasteiger partial charge >= 0.3 is 0 Å². The first-order valence-electron chi connectivity index (χ1n) is 19.4. The lowest BCUT2D eigenvalue weighted by Gasteiger charge is -2.17. The van der Waals surface area contributed by atoms with Gasteiger partial charge < -0.3 is 9.13 Å². The summed E-state index contributed by atoms with van der Waals surface area (Å²) in [6.45, 7) is 0. The van der Waals surface area contributed by atoms with Crippen LogP contribution in [0.25, 0.3) is 110 Å². The lowest BCUT2D eigenvalue weighted by molar-refractivity contribution is 1.16. The third-order valence-corrected chi connectivity index (χ3v) is 11.8. The molecule has 0 fully saturated rings. The standard InChI is InChI=1S/C54H34N2/c1-4-16-35(17-5-1)45-31-37(32-49-42-24-11-10-22-40(42)41-23-12-13-26-44(41)54(45)49)36-28-29-51-46(30-36)48-33-47-43-25-14-15-27-50(43)55(38-18-6-2-7-19-38)52(47)34-53(48)56(51)39-20-8-3-9-21-39/h1-34H. The number of para-hydroxylation sites is 3. The van der Waals surface area contributed by atoms with E-state index in [0.29, 0.717) is 0 Å². The van der Waals surface area contributed by atoms with Gasteiger partial charge in [0, 0.05) is 32.9 Å². The summed E-state index contributed by atoms with van der Waals surface area (Å²) in [6.07, 6.45) is 0. The Balaban J connectivity index is 1.19. The van der Waals surface area contributed by atoms with Gasteiger partial charge in [-0.1, -0.05) is 140 Å². The molecule has 10 aromatic carbocycles. The Labute approximate surface area is 323 Å². The van der Waals surface area contributed by atoms with E-state index in [1.54, 1.807) is 0 Å². The third-order valence-electron chi connectivity index (χ3n) is 11.8. The predicted molar refractivity (Wildman–Crippen MR) is 239 cm³/mol. The predicted octanol–water partition coefficient (Wildman–Crippen LogP) is 14.7. The van der Waals surface area contributed by atoms with Gasteiger partial charge in [-0.2, -0.15) is 0 Å². The number of rotatable bonds is 4. The molecule has 2 heterocycles. The highest BCUT2D eigenvalue weighted by Crippen LogP contribution is 2.45. The number of nitrogens with zero attached hydrogens (tertiary/aromatic N) is 2. The van der Waals surface area contributed by atoms with Crippen LogP contribution in [0.4, 0.5) is 0 Å². The van der Waals surface area contributed by atoms with Crippen molar-refractivity contribution in [1.29, 1.82) is 0 Å². The Kier molecular flexibility index (Phi) is 6.66. The van der Waals surface area contributed by atoms with E-state index in [0.717, 1.165) is 11.4 Å². The second kappa shape index (κ2) is 12.0. The molecule has 2 aromatic heterocycles. The van der Waals surface area contributed by atoms with Crippen molar-refractivity contribution in [2.45, 2.75) is 0 Å². The summed E-state index contributed by atoms with van der Waals surface area (Å²) in [7, 11) is 0. The van der Waals surface area contributed by atoms with Gasteiger partial charge in [-0.25, -0.2) is 0 Å². The smallest absolute Gasteiger partial charge is 0.0562 e. The van der Waals surface area contributed by atoms with E-state index < -0.39 is 0 Å². The fraction of sp³-hybridized carbons (Fsp3) is 0. The number of hydrogen-bond donors (Lipinski definition) is 0. The highest BCUT2D eigenvalue weighted by Gasteiger charge is 2.20. The van der Waals surface area contributed by atoms with Crippen LogP contribution in [0.15, 0.2) is 206 Å². The van der Waals surface area contributed by atoms with Gasteiger partial charge in [-0.05, 0) is 121 Å². The van der Waals surface area contributed by atoms with Crippen LogP contribution >= 0.6 is 0 Å². The van der Waals surface area contributed by atoms with Gasteiger partial charge in [0.2, 0.25) is 0 Å². The van der Waals surface area contributed by atoms with Crippen LogP contribution < -0.4 is 0 Å². The monoisotopic (exact) mass is 710 g/mol. The maximum Gasteiger partial charge on any atom is 0.0562 e. The number of fused-ring (bicyclic) bond motifs is 12. The minimum Gasteiger partial charge on any atom is -0.309 e. The van der Waals surface area contributed by atoms with E-state index in [4.69, 9.17) is 0 Å². The number of hydrogen-bond acceptors (Lipinski definition) is 0. The quantitative estimate of drug-likeness (QED) is 0.161. The zero-order chi connectivity index (χ0) is 36.7. The van der Waals surface area contributed by atoms with Crippen molar-refractivity contribution in [2.75, 3.05) is 0 Å². The lowest BCUT2D eigenvalue weighted by Crippen LogP contribution is -1.95. The second-order valence-electron chi connectivity index (χ2n) is 14.9. The molecule has 12 aromatic rings. The van der Waals surface area contributed by atoms with Crippen LogP contribution in [0.1, 0.15) is 0 Å². The van der Waals surface area contributed by atoms with Crippen molar-refractivity contribution in [1.82, 2.24) is 9.13 Å². The molecule has 12 rings (SSSR count). The average molecular weight is 711 g/mol. The van der Waals surface area contributed by atoms with E-state index in [2.05, 4.69) is 215 Å². The van der Waals surface area contributed by atoms with E-state index in [9.17, 15) is 0 Å². The largest absolute Gasteiger partial charge is 0.309 e. The first kappa shape index (κ1) is 31.0. The summed E-state index contributed by atoms with van der Waals surface area (Å²) < 4.78 is 4.85. The van der Waals surface area contributed by atoms with Gasteiger partial charge in [0.1, 0.15) is 0 Å². The van der Waals surface area contributed by atoms with E-state index in [1.807, 2.05) is 0 Å². The normalized spacial score (nSPS) is 11.9. The molecule has 0 saturated carbocycles. The summed E-state index contributed by atoms with van der Waals surface area (Å²) in [5.74, 6) is 0. The van der Waals surface area contributed by atoms with E-state index in [-0.39, 0.29) is 0 Å². The first-order chi connectivity index (χ1) is 27.8. The van der Waals surface area contributed by atoms with E-state index in [1.165, 1.54) is 98.2 Å². The second-order valence-corrected chi connectivity index (χ2v) is 14.9. The Hall–Kier alpha value is -7.42. The van der Waals surface area contributed by atoms with Crippen LogP contribution in [0.5, 0.6) is 0 Å². The first-order valence-corrected chi connectivity index (χ1v) is 19.4. The van der Waals surface area contributed by atoms with Crippen LogP contribution in [0.2, 0.25) is 0 Å². The Bertz CT molecular complexity index is 3500. The van der Waals surface area contributed by atoms with Gasteiger partial charge in [0.05, 0.1) is 22.1 Å².